The van der Waals surface area contributed by atoms with E-state index in [4.69, 9.17) is 14.7 Å². The molecule has 2 N–H and O–H groups in total. The van der Waals surface area contributed by atoms with Gasteiger partial charge in [0.25, 0.3) is 0 Å². The molecule has 0 amide bonds. The van der Waals surface area contributed by atoms with Gasteiger partial charge < -0.3 is 14.7 Å². The van der Waals surface area contributed by atoms with E-state index in [0.29, 0.717) is 31.9 Å². The number of piperidine rings is 1. The van der Waals surface area contributed by atoms with E-state index in [2.05, 4.69) is 31.1 Å². The monoisotopic (exact) mass is 535 g/mol. The second-order valence-corrected chi connectivity index (χ2v) is 12.1. The van der Waals surface area contributed by atoms with Crippen LogP contribution >= 0.6 is 23.1 Å². The van der Waals surface area contributed by atoms with Gasteiger partial charge in [-0.05, 0) is 25.0 Å². The number of ether oxygens (including phenoxy) is 1. The standard InChI is InChI=1S/C26H29N7O2S2/c34-26(4-7-32(8-5-26)16-22-27-6-13-36-22)21-14-20-23(37-21)25(33-9-11-35-12-10-33)30-24(29-20)17-2-1-3-19-18(17)15-28-31-19/h1-3,14-15,34H,4-13,16H2,(H,28,31). The highest BCUT2D eigenvalue weighted by Crippen LogP contribution is 2.43. The molecule has 37 heavy (non-hydrogen) atoms. The summed E-state index contributed by atoms with van der Waals surface area (Å²) in [5.41, 5.74) is 1.96. The zero-order valence-electron chi connectivity index (χ0n) is 20.5. The van der Waals surface area contributed by atoms with Crippen molar-refractivity contribution in [1.82, 2.24) is 25.1 Å². The molecule has 0 bridgehead atoms. The highest BCUT2D eigenvalue weighted by atomic mass is 32.2. The van der Waals surface area contributed by atoms with E-state index in [1.54, 1.807) is 11.3 Å². The molecule has 1 aromatic carbocycles. The van der Waals surface area contributed by atoms with Gasteiger partial charge in [0.05, 0.1) is 40.2 Å². The van der Waals surface area contributed by atoms with E-state index >= 15 is 0 Å². The van der Waals surface area contributed by atoms with E-state index in [-0.39, 0.29) is 0 Å². The van der Waals surface area contributed by atoms with Gasteiger partial charge in [-0.3, -0.25) is 15.0 Å². The van der Waals surface area contributed by atoms with Gasteiger partial charge in [-0.1, -0.05) is 12.1 Å². The Balaban J connectivity index is 1.25. The molecule has 0 aliphatic carbocycles. The molecule has 0 unspecified atom stereocenters. The first kappa shape index (κ1) is 23.5. The maximum Gasteiger partial charge on any atom is 0.162 e. The summed E-state index contributed by atoms with van der Waals surface area (Å²) in [6.07, 6.45) is 3.25. The number of thioether (sulfide) groups is 1. The molecule has 3 aliphatic heterocycles. The van der Waals surface area contributed by atoms with Crippen LogP contribution in [0.5, 0.6) is 0 Å². The average molecular weight is 536 g/mol. The summed E-state index contributed by atoms with van der Waals surface area (Å²) in [7, 11) is 0. The third kappa shape index (κ3) is 4.42. The molecule has 11 heteroatoms. The lowest BCUT2D eigenvalue weighted by Crippen LogP contribution is -2.43. The van der Waals surface area contributed by atoms with Crippen LogP contribution in [0.1, 0.15) is 17.7 Å². The number of hydrogen-bond donors (Lipinski definition) is 2. The lowest BCUT2D eigenvalue weighted by molar-refractivity contribution is -0.0193. The normalized spacial score (nSPS) is 20.7. The molecule has 0 saturated carbocycles. The van der Waals surface area contributed by atoms with Gasteiger partial charge in [0.2, 0.25) is 0 Å². The van der Waals surface area contributed by atoms with Gasteiger partial charge in [-0.25, -0.2) is 9.97 Å². The first-order valence-electron chi connectivity index (χ1n) is 12.8. The molecule has 9 nitrogen and oxygen atoms in total. The molecule has 2 saturated heterocycles. The molecule has 6 heterocycles. The van der Waals surface area contributed by atoms with Crippen molar-refractivity contribution in [2.24, 2.45) is 4.99 Å². The molecule has 0 radical (unpaired) electrons. The van der Waals surface area contributed by atoms with Crippen molar-refractivity contribution < 1.29 is 9.84 Å². The predicted octanol–water partition coefficient (Wildman–Crippen LogP) is 3.50. The van der Waals surface area contributed by atoms with Gasteiger partial charge >= 0.3 is 0 Å². The Morgan fingerprint density at radius 2 is 1.97 bits per heavy atom. The van der Waals surface area contributed by atoms with Crippen molar-refractivity contribution in [1.29, 1.82) is 0 Å². The average Bonchev–Trinajstić information content (AvgIpc) is 3.71. The summed E-state index contributed by atoms with van der Waals surface area (Å²) in [5.74, 6) is 2.71. The van der Waals surface area contributed by atoms with Gasteiger partial charge in [0.15, 0.2) is 11.6 Å². The van der Waals surface area contributed by atoms with Crippen molar-refractivity contribution in [3.8, 4) is 11.4 Å². The number of benzene rings is 1. The Morgan fingerprint density at radius 1 is 1.11 bits per heavy atom. The topological polar surface area (TPSA) is 103 Å². The molecule has 192 valence electrons. The number of anilines is 1. The largest absolute Gasteiger partial charge is 0.384 e. The fourth-order valence-electron chi connectivity index (χ4n) is 5.41. The van der Waals surface area contributed by atoms with E-state index < -0.39 is 5.60 Å². The quantitative estimate of drug-likeness (QED) is 0.400. The Bertz CT molecular complexity index is 1470. The maximum absolute atomic E-state index is 11.8. The number of H-pyrrole nitrogens is 1. The first-order valence-corrected chi connectivity index (χ1v) is 14.6. The summed E-state index contributed by atoms with van der Waals surface area (Å²) >= 11 is 3.51. The van der Waals surface area contributed by atoms with Gasteiger partial charge in [0, 0.05) is 60.8 Å². The minimum Gasteiger partial charge on any atom is -0.384 e. The number of nitrogens with zero attached hydrogens (tertiary/aromatic N) is 6. The van der Waals surface area contributed by atoms with Crippen LogP contribution in [0.2, 0.25) is 0 Å². The Kier molecular flexibility index (Phi) is 6.13. The zero-order chi connectivity index (χ0) is 24.8. The Labute approximate surface area is 223 Å². The van der Waals surface area contributed by atoms with Gasteiger partial charge in [-0.2, -0.15) is 5.10 Å². The van der Waals surface area contributed by atoms with Crippen LogP contribution in [0.4, 0.5) is 5.82 Å². The highest BCUT2D eigenvalue weighted by Gasteiger charge is 2.37. The second kappa shape index (κ2) is 9.63. The van der Waals surface area contributed by atoms with Crippen molar-refractivity contribution in [2.75, 3.05) is 63.1 Å². The molecule has 3 aliphatic rings. The number of aliphatic hydroxyl groups is 1. The number of aromatic nitrogens is 4. The van der Waals surface area contributed by atoms with E-state index in [9.17, 15) is 5.11 Å². The lowest BCUT2D eigenvalue weighted by atomic mass is 9.90. The summed E-state index contributed by atoms with van der Waals surface area (Å²) in [6, 6.07) is 8.15. The predicted molar refractivity (Wildman–Crippen MR) is 150 cm³/mol. The number of likely N-dealkylation sites (tertiary alicyclic amines) is 1. The Hall–Kier alpha value is -2.57. The number of thiophene rings is 1. The molecule has 0 atom stereocenters. The number of fused-ring (bicyclic) bond motifs is 2. The van der Waals surface area contributed by atoms with Crippen LogP contribution < -0.4 is 4.90 Å². The van der Waals surface area contributed by atoms with E-state index in [0.717, 1.165) is 82.4 Å². The minimum atomic E-state index is -0.848. The van der Waals surface area contributed by atoms with Crippen molar-refractivity contribution in [3.05, 3.63) is 35.3 Å². The summed E-state index contributed by atoms with van der Waals surface area (Å²) in [6.45, 7) is 6.50. The van der Waals surface area contributed by atoms with Crippen LogP contribution in [0.3, 0.4) is 0 Å². The molecular weight excluding hydrogens is 506 g/mol. The molecule has 4 aromatic rings. The van der Waals surface area contributed by atoms with Crippen molar-refractivity contribution in [3.63, 3.8) is 0 Å². The minimum absolute atomic E-state index is 0.680. The van der Waals surface area contributed by atoms with Crippen LogP contribution in [-0.2, 0) is 10.3 Å². The number of nitrogens with one attached hydrogen (secondary N) is 1. The van der Waals surface area contributed by atoms with Crippen molar-refractivity contribution >= 4 is 55.1 Å². The molecule has 7 rings (SSSR count). The van der Waals surface area contributed by atoms with Crippen molar-refractivity contribution in [2.45, 2.75) is 18.4 Å². The van der Waals surface area contributed by atoms with Crippen LogP contribution in [0, 0.1) is 0 Å². The number of rotatable bonds is 5. The van der Waals surface area contributed by atoms with Crippen LogP contribution in [-0.4, -0.2) is 93.5 Å². The SMILES string of the molecule is OC1(c2cc3nc(-c4cccc5[nH]ncc45)nc(N4CCOCC4)c3s2)CCN(CC2=NCCS2)CC1. The second-order valence-electron chi connectivity index (χ2n) is 9.86. The molecule has 3 aromatic heterocycles. The lowest BCUT2D eigenvalue weighted by Gasteiger charge is -2.37. The van der Waals surface area contributed by atoms with E-state index in [1.807, 2.05) is 36.2 Å². The maximum atomic E-state index is 11.8. The van der Waals surface area contributed by atoms with Crippen LogP contribution in [0.25, 0.3) is 32.5 Å². The molecular formula is C26H29N7O2S2. The zero-order valence-corrected chi connectivity index (χ0v) is 22.2. The molecule has 2 fully saturated rings. The van der Waals surface area contributed by atoms with Gasteiger partial charge in [0.1, 0.15) is 5.60 Å². The number of aliphatic imine (C=N–C) groups is 1. The van der Waals surface area contributed by atoms with Gasteiger partial charge in [-0.15, -0.1) is 23.1 Å². The summed E-state index contributed by atoms with van der Waals surface area (Å²) in [4.78, 5) is 20.4. The smallest absolute Gasteiger partial charge is 0.162 e. The fraction of sp³-hybridized carbons (Fsp3) is 0.462. The third-order valence-corrected chi connectivity index (χ3v) is 9.83. The Morgan fingerprint density at radius 3 is 2.78 bits per heavy atom. The third-order valence-electron chi connectivity index (χ3n) is 7.54. The molecule has 0 spiro atoms. The summed E-state index contributed by atoms with van der Waals surface area (Å²) < 4.78 is 6.66. The van der Waals surface area contributed by atoms with Crippen LogP contribution in [0.15, 0.2) is 35.5 Å². The first-order chi connectivity index (χ1) is 18.2. The fourth-order valence-corrected chi connectivity index (χ4v) is 7.55. The summed E-state index contributed by atoms with van der Waals surface area (Å²) in [5, 5.41) is 21.3. The number of hydrogen-bond acceptors (Lipinski definition) is 10. The number of morpholine rings is 1. The van der Waals surface area contributed by atoms with E-state index in [1.165, 1.54) is 5.04 Å². The highest BCUT2D eigenvalue weighted by molar-refractivity contribution is 8.14. The number of aromatic amines is 1.